The van der Waals surface area contributed by atoms with E-state index < -0.39 is 8.37 Å². The molecule has 5 nitrogen and oxygen atoms in total. The second-order valence-corrected chi connectivity index (χ2v) is 12.0. The van der Waals surface area contributed by atoms with Gasteiger partial charge in [0.2, 0.25) is 0 Å². The van der Waals surface area contributed by atoms with Crippen molar-refractivity contribution in [3.8, 4) is 0 Å². The Morgan fingerprint density at radius 3 is 1.00 bits per heavy atom. The van der Waals surface area contributed by atoms with E-state index in [2.05, 4.69) is 14.3 Å². The zero-order valence-corrected chi connectivity index (χ0v) is 20.0. The summed E-state index contributed by atoms with van der Waals surface area (Å²) in [5, 5.41) is 0. The van der Waals surface area contributed by atoms with Crippen molar-refractivity contribution >= 4 is 8.37 Å². The molecule has 6 heteroatoms. The van der Waals surface area contributed by atoms with Crippen molar-refractivity contribution in [1.82, 2.24) is 9.34 Å². The number of hydrogen-bond donors (Lipinski definition) is 0. The molecule has 0 aromatic rings. The lowest BCUT2D eigenvalue weighted by Gasteiger charge is -2.52. The molecule has 0 N–H and O–H groups in total. The first-order chi connectivity index (χ1) is 14.9. The fraction of sp³-hybridized carbons (Fsp3) is 1.00. The monoisotopic (exact) mass is 433 g/mol. The molecule has 4 aliphatic carbocycles. The summed E-state index contributed by atoms with van der Waals surface area (Å²) < 4.78 is 5.72. The van der Waals surface area contributed by atoms with Crippen LogP contribution in [0, 0.1) is 0 Å². The fourth-order valence-electron chi connectivity index (χ4n) is 6.81. The molecule has 0 bridgehead atoms. The minimum absolute atomic E-state index is 0.646. The molecule has 0 saturated heterocycles. The Labute approximate surface area is 185 Å². The lowest BCUT2D eigenvalue weighted by atomic mass is 9.90. The van der Waals surface area contributed by atoms with Gasteiger partial charge in [-0.2, -0.15) is 0 Å². The lowest BCUT2D eigenvalue weighted by molar-refractivity contribution is 0.132. The van der Waals surface area contributed by atoms with E-state index in [1.54, 1.807) is 0 Å². The lowest BCUT2D eigenvalue weighted by Crippen LogP contribution is -2.49. The predicted octanol–water partition coefficient (Wildman–Crippen LogP) is 8.46. The highest BCUT2D eigenvalue weighted by Crippen LogP contribution is 2.57. The van der Waals surface area contributed by atoms with Gasteiger partial charge in [-0.3, -0.25) is 9.34 Å². The number of nitrogens with zero attached hydrogens (tertiary/aromatic N) is 5. The van der Waals surface area contributed by atoms with Gasteiger partial charge in [0.05, 0.1) is 0 Å². The van der Waals surface area contributed by atoms with E-state index in [9.17, 15) is 5.53 Å². The van der Waals surface area contributed by atoms with Crippen molar-refractivity contribution in [2.75, 3.05) is 0 Å². The van der Waals surface area contributed by atoms with Crippen molar-refractivity contribution in [1.29, 1.82) is 0 Å². The summed E-state index contributed by atoms with van der Waals surface area (Å²) in [7, 11) is -0.904. The third kappa shape index (κ3) is 5.71. The van der Waals surface area contributed by atoms with Crippen molar-refractivity contribution in [2.45, 2.75) is 153 Å². The molecule has 0 atom stereocenters. The normalized spacial score (nSPS) is 26.4. The van der Waals surface area contributed by atoms with Crippen LogP contribution in [-0.2, 0) is 0 Å². The van der Waals surface area contributed by atoms with E-state index in [0.717, 1.165) is 0 Å². The molecule has 0 aliphatic heterocycles. The van der Waals surface area contributed by atoms with Crippen LogP contribution in [0.25, 0.3) is 10.4 Å². The van der Waals surface area contributed by atoms with Gasteiger partial charge in [0.15, 0.2) is 0 Å². The zero-order valence-electron chi connectivity index (χ0n) is 19.1. The van der Waals surface area contributed by atoms with Crippen LogP contribution in [0.4, 0.5) is 0 Å². The summed E-state index contributed by atoms with van der Waals surface area (Å²) in [5.41, 5.74) is 9.75. The van der Waals surface area contributed by atoms with Gasteiger partial charge >= 0.3 is 0 Å². The summed E-state index contributed by atoms with van der Waals surface area (Å²) in [6.07, 6.45) is 27.0. The Kier molecular flexibility index (Phi) is 9.17. The van der Waals surface area contributed by atoms with Crippen LogP contribution in [0.3, 0.4) is 0 Å². The van der Waals surface area contributed by atoms with Crippen LogP contribution in [0.1, 0.15) is 128 Å². The van der Waals surface area contributed by atoms with Gasteiger partial charge < -0.3 is 0 Å². The van der Waals surface area contributed by atoms with Crippen LogP contribution in [0.15, 0.2) is 4.88 Å². The first-order valence-electron chi connectivity index (χ1n) is 13.3. The van der Waals surface area contributed by atoms with Crippen molar-refractivity contribution < 1.29 is 0 Å². The quantitative estimate of drug-likeness (QED) is 0.175. The Hall–Kier alpha value is -0.340. The van der Waals surface area contributed by atoms with Crippen LogP contribution < -0.4 is 0 Å². The van der Waals surface area contributed by atoms with Crippen LogP contribution in [0.2, 0.25) is 0 Å². The molecular weight excluding hydrogens is 389 g/mol. The van der Waals surface area contributed by atoms with Crippen LogP contribution in [0.5, 0.6) is 0 Å². The highest BCUT2D eigenvalue weighted by Gasteiger charge is 2.42. The molecule has 4 aliphatic rings. The van der Waals surface area contributed by atoms with Crippen LogP contribution in [-0.4, -0.2) is 33.5 Å². The van der Waals surface area contributed by atoms with Gasteiger partial charge in [-0.25, -0.2) is 0 Å². The largest absolute Gasteiger partial charge is 0.259 e. The van der Waals surface area contributed by atoms with E-state index in [1.165, 1.54) is 128 Å². The highest BCUT2D eigenvalue weighted by atomic mass is 31.1. The maximum atomic E-state index is 9.75. The second-order valence-electron chi connectivity index (χ2n) is 10.4. The maximum Gasteiger partial charge on any atom is 0.135 e. The van der Waals surface area contributed by atoms with Gasteiger partial charge in [0, 0.05) is 29.1 Å². The predicted molar refractivity (Wildman–Crippen MR) is 127 cm³/mol. The fourth-order valence-corrected chi connectivity index (χ4v) is 9.40. The van der Waals surface area contributed by atoms with Crippen molar-refractivity contribution in [2.24, 2.45) is 4.88 Å². The topological polar surface area (TPSA) is 55.2 Å². The molecule has 170 valence electrons. The average Bonchev–Trinajstić information content (AvgIpc) is 2.82. The van der Waals surface area contributed by atoms with E-state index in [-0.39, 0.29) is 0 Å². The summed E-state index contributed by atoms with van der Waals surface area (Å²) in [6.45, 7) is 0. The molecule has 4 fully saturated rings. The zero-order chi connectivity index (χ0) is 20.6. The number of hydrogen-bond acceptors (Lipinski definition) is 3. The Balaban J connectivity index is 1.66. The van der Waals surface area contributed by atoms with Gasteiger partial charge in [0.25, 0.3) is 0 Å². The van der Waals surface area contributed by atoms with Crippen molar-refractivity contribution in [3.63, 3.8) is 0 Å². The van der Waals surface area contributed by atoms with Gasteiger partial charge in [0.1, 0.15) is 8.37 Å². The van der Waals surface area contributed by atoms with Crippen LogP contribution >= 0.6 is 8.37 Å². The van der Waals surface area contributed by atoms with E-state index >= 15 is 0 Å². The van der Waals surface area contributed by atoms with Crippen molar-refractivity contribution in [3.05, 3.63) is 10.4 Å². The minimum Gasteiger partial charge on any atom is -0.259 e. The molecule has 0 aromatic carbocycles. The summed E-state index contributed by atoms with van der Waals surface area (Å²) in [5.74, 6) is 0. The minimum atomic E-state index is -0.904. The van der Waals surface area contributed by atoms with Gasteiger partial charge in [-0.15, -0.1) is 0 Å². The molecular formula is C24H44N5P. The first-order valence-corrected chi connectivity index (χ1v) is 14.5. The Morgan fingerprint density at radius 1 is 0.500 bits per heavy atom. The molecule has 4 rings (SSSR count). The molecule has 0 unspecified atom stereocenters. The standard InChI is InChI=1S/C24H44N5P/c25-26-27-30(28(21-13-5-1-6-14-21)22-15-7-2-8-16-22)29(23-17-9-3-10-18-23)24-19-11-4-12-20-24/h21-24H,1-20H2. The Morgan fingerprint density at radius 2 is 0.767 bits per heavy atom. The maximum absolute atomic E-state index is 9.75. The average molecular weight is 434 g/mol. The summed E-state index contributed by atoms with van der Waals surface area (Å²) in [6, 6.07) is 2.59. The van der Waals surface area contributed by atoms with E-state index in [0.29, 0.717) is 24.2 Å². The van der Waals surface area contributed by atoms with E-state index in [4.69, 9.17) is 4.88 Å². The highest BCUT2D eigenvalue weighted by molar-refractivity contribution is 7.51. The molecule has 0 spiro atoms. The summed E-state index contributed by atoms with van der Waals surface area (Å²) >= 11 is 0. The molecule has 30 heavy (non-hydrogen) atoms. The first kappa shape index (κ1) is 22.8. The van der Waals surface area contributed by atoms with Gasteiger partial charge in [-0.05, 0) is 61.8 Å². The number of rotatable bonds is 7. The second kappa shape index (κ2) is 12.0. The summed E-state index contributed by atoms with van der Waals surface area (Å²) in [4.78, 5) is 8.25. The third-order valence-corrected chi connectivity index (χ3v) is 10.7. The SMILES string of the molecule is [N-]=[N+]=NP(N(C1CCCCC1)C1CCCCC1)N(C1CCCCC1)C1CCCCC1. The Bertz CT molecular complexity index is 466. The van der Waals surface area contributed by atoms with E-state index in [1.807, 2.05) is 0 Å². The number of azide groups is 1. The molecule has 0 heterocycles. The molecule has 0 radical (unpaired) electrons. The molecule has 0 aromatic heterocycles. The molecule has 0 amide bonds. The van der Waals surface area contributed by atoms with Gasteiger partial charge in [-0.1, -0.05) is 77.0 Å². The smallest absolute Gasteiger partial charge is 0.135 e. The molecule has 4 saturated carbocycles. The third-order valence-electron chi connectivity index (χ3n) is 8.33.